The predicted octanol–water partition coefficient (Wildman–Crippen LogP) is 3.27. The van der Waals surface area contributed by atoms with Crippen molar-refractivity contribution in [3.05, 3.63) is 21.9 Å². The quantitative estimate of drug-likeness (QED) is 0.602. The van der Waals surface area contributed by atoms with E-state index in [9.17, 15) is 4.91 Å². The molecule has 0 radical (unpaired) electrons. The number of hydrogen-bond acceptors (Lipinski definition) is 3. The van der Waals surface area contributed by atoms with Gasteiger partial charge in [-0.25, -0.2) is 0 Å². The molecule has 0 spiro atoms. The Balaban J connectivity index is 3.01. The minimum Gasteiger partial charge on any atom is -0.144 e. The average molecular weight is 155 g/mol. The van der Waals surface area contributed by atoms with Gasteiger partial charge in [-0.1, -0.05) is 13.8 Å². The molecule has 3 heteroatoms. The van der Waals surface area contributed by atoms with Gasteiger partial charge in [0.05, 0.1) is 0 Å². The Labute approximate surface area is 63.9 Å². The molecule has 1 heterocycles. The van der Waals surface area contributed by atoms with E-state index < -0.39 is 0 Å². The molecule has 2 nitrogen and oxygen atoms in total. The van der Waals surface area contributed by atoms with Gasteiger partial charge >= 0.3 is 0 Å². The van der Waals surface area contributed by atoms with Gasteiger partial charge in [0.15, 0.2) is 5.00 Å². The normalized spacial score (nSPS) is 10.3. The van der Waals surface area contributed by atoms with E-state index in [-0.39, 0.29) is 0 Å². The molecule has 0 aliphatic carbocycles. The number of rotatable bonds is 2. The van der Waals surface area contributed by atoms with E-state index in [1.807, 2.05) is 11.4 Å². The Morgan fingerprint density at radius 3 is 2.70 bits per heavy atom. The Morgan fingerprint density at radius 1 is 1.60 bits per heavy atom. The minimum absolute atomic E-state index is 0.402. The van der Waals surface area contributed by atoms with Crippen molar-refractivity contribution in [3.8, 4) is 0 Å². The summed E-state index contributed by atoms with van der Waals surface area (Å²) in [4.78, 5) is 10.2. The molecule has 1 aromatic heterocycles. The van der Waals surface area contributed by atoms with Crippen LogP contribution in [0.15, 0.2) is 16.6 Å². The van der Waals surface area contributed by atoms with Gasteiger partial charge in [-0.2, -0.15) is 0 Å². The largest absolute Gasteiger partial charge is 0.164 e. The minimum atomic E-state index is 0.402. The molecule has 0 N–H and O–H groups in total. The van der Waals surface area contributed by atoms with Crippen molar-refractivity contribution < 1.29 is 0 Å². The third-order valence-corrected chi connectivity index (χ3v) is 2.18. The lowest BCUT2D eigenvalue weighted by atomic mass is 10.1. The van der Waals surface area contributed by atoms with Crippen LogP contribution in [-0.2, 0) is 0 Å². The second-order valence-corrected chi connectivity index (χ2v) is 3.32. The van der Waals surface area contributed by atoms with Crippen LogP contribution in [0.4, 0.5) is 5.00 Å². The van der Waals surface area contributed by atoms with Gasteiger partial charge in [-0.05, 0) is 28.1 Å². The summed E-state index contributed by atoms with van der Waals surface area (Å²) in [5.41, 5.74) is 1.06. The van der Waals surface area contributed by atoms with Crippen molar-refractivity contribution in [2.24, 2.45) is 5.18 Å². The summed E-state index contributed by atoms with van der Waals surface area (Å²) >= 11 is 1.40. The summed E-state index contributed by atoms with van der Waals surface area (Å²) in [6, 6.07) is 1.95. The van der Waals surface area contributed by atoms with E-state index >= 15 is 0 Å². The van der Waals surface area contributed by atoms with Crippen molar-refractivity contribution >= 4 is 16.3 Å². The summed E-state index contributed by atoms with van der Waals surface area (Å²) in [6.07, 6.45) is 0. The molecule has 0 aliphatic rings. The summed E-state index contributed by atoms with van der Waals surface area (Å²) in [6.45, 7) is 4.10. The summed E-state index contributed by atoms with van der Waals surface area (Å²) in [7, 11) is 0. The fourth-order valence-corrected chi connectivity index (χ4v) is 1.65. The standard InChI is InChI=1S/C7H9NOS/c1-5(2)6-3-4-10-7(6)8-9/h3-5H,1-2H3. The van der Waals surface area contributed by atoms with Crippen molar-refractivity contribution in [3.63, 3.8) is 0 Å². The lowest BCUT2D eigenvalue weighted by Crippen LogP contribution is -1.81. The Hall–Kier alpha value is -0.700. The number of nitroso groups, excluding NO2 is 1. The summed E-state index contributed by atoms with van der Waals surface area (Å²) < 4.78 is 0. The molecular weight excluding hydrogens is 146 g/mol. The fourth-order valence-electron chi connectivity index (χ4n) is 0.825. The van der Waals surface area contributed by atoms with Crippen LogP contribution in [0.1, 0.15) is 25.3 Å². The molecule has 1 aromatic rings. The van der Waals surface area contributed by atoms with E-state index in [0.29, 0.717) is 10.9 Å². The maximum absolute atomic E-state index is 10.2. The van der Waals surface area contributed by atoms with Crippen LogP contribution >= 0.6 is 11.3 Å². The third-order valence-electron chi connectivity index (χ3n) is 1.38. The predicted molar refractivity (Wildman–Crippen MR) is 43.9 cm³/mol. The second kappa shape index (κ2) is 2.92. The zero-order valence-corrected chi connectivity index (χ0v) is 6.81. The van der Waals surface area contributed by atoms with E-state index in [4.69, 9.17) is 0 Å². The average Bonchev–Trinajstić information content (AvgIpc) is 2.33. The first kappa shape index (κ1) is 7.41. The molecule has 0 saturated heterocycles. The van der Waals surface area contributed by atoms with Crippen molar-refractivity contribution in [2.45, 2.75) is 19.8 Å². The SMILES string of the molecule is CC(C)c1ccsc1N=O. The molecule has 0 aliphatic heterocycles. The second-order valence-electron chi connectivity index (χ2n) is 2.43. The van der Waals surface area contributed by atoms with Crippen LogP contribution in [0, 0.1) is 4.91 Å². The van der Waals surface area contributed by atoms with Gasteiger partial charge in [-0.15, -0.1) is 16.2 Å². The van der Waals surface area contributed by atoms with Crippen LogP contribution in [0.2, 0.25) is 0 Å². The Kier molecular flexibility index (Phi) is 2.17. The molecule has 0 saturated carbocycles. The summed E-state index contributed by atoms with van der Waals surface area (Å²) in [5, 5.41) is 5.44. The monoisotopic (exact) mass is 155 g/mol. The van der Waals surface area contributed by atoms with Crippen LogP contribution in [-0.4, -0.2) is 0 Å². The van der Waals surface area contributed by atoms with E-state index in [2.05, 4.69) is 19.0 Å². The molecular formula is C7H9NOS. The Bertz CT molecular complexity index is 229. The van der Waals surface area contributed by atoms with Crippen LogP contribution in [0.25, 0.3) is 0 Å². The lowest BCUT2D eigenvalue weighted by molar-refractivity contribution is 0.872. The lowest BCUT2D eigenvalue weighted by Gasteiger charge is -1.99. The van der Waals surface area contributed by atoms with Gasteiger partial charge < -0.3 is 0 Å². The molecule has 0 fully saturated rings. The highest BCUT2D eigenvalue weighted by Gasteiger charge is 2.06. The molecule has 0 aromatic carbocycles. The zero-order chi connectivity index (χ0) is 7.56. The van der Waals surface area contributed by atoms with E-state index in [1.165, 1.54) is 11.3 Å². The molecule has 1 rings (SSSR count). The first-order valence-electron chi connectivity index (χ1n) is 3.16. The van der Waals surface area contributed by atoms with Crippen molar-refractivity contribution in [2.75, 3.05) is 0 Å². The highest BCUT2D eigenvalue weighted by atomic mass is 32.1. The van der Waals surface area contributed by atoms with Gasteiger partial charge in [0.1, 0.15) is 0 Å². The third kappa shape index (κ3) is 1.24. The molecule has 0 amide bonds. The van der Waals surface area contributed by atoms with Gasteiger partial charge in [-0.3, -0.25) is 0 Å². The van der Waals surface area contributed by atoms with Crippen LogP contribution in [0.3, 0.4) is 0 Å². The molecule has 0 atom stereocenters. The van der Waals surface area contributed by atoms with E-state index in [1.54, 1.807) is 0 Å². The van der Waals surface area contributed by atoms with Gasteiger partial charge in [0.25, 0.3) is 0 Å². The smallest absolute Gasteiger partial charge is 0.144 e. The molecule has 10 heavy (non-hydrogen) atoms. The van der Waals surface area contributed by atoms with Gasteiger partial charge in [0, 0.05) is 0 Å². The van der Waals surface area contributed by atoms with Crippen LogP contribution < -0.4 is 0 Å². The van der Waals surface area contributed by atoms with Crippen molar-refractivity contribution in [1.82, 2.24) is 0 Å². The van der Waals surface area contributed by atoms with E-state index in [0.717, 1.165) is 5.56 Å². The Morgan fingerprint density at radius 2 is 2.30 bits per heavy atom. The molecule has 54 valence electrons. The highest BCUT2D eigenvalue weighted by Crippen LogP contribution is 2.31. The fraction of sp³-hybridized carbons (Fsp3) is 0.429. The molecule has 0 bridgehead atoms. The highest BCUT2D eigenvalue weighted by molar-refractivity contribution is 7.14. The van der Waals surface area contributed by atoms with Crippen molar-refractivity contribution in [1.29, 1.82) is 0 Å². The van der Waals surface area contributed by atoms with Gasteiger partial charge in [0.2, 0.25) is 0 Å². The van der Waals surface area contributed by atoms with Crippen LogP contribution in [0.5, 0.6) is 0 Å². The first-order valence-corrected chi connectivity index (χ1v) is 4.04. The number of thiophene rings is 1. The first-order chi connectivity index (χ1) is 4.75. The molecule has 0 unspecified atom stereocenters. The maximum atomic E-state index is 10.2. The zero-order valence-electron chi connectivity index (χ0n) is 6.00. The maximum Gasteiger partial charge on any atom is 0.164 e. The number of nitrogens with zero attached hydrogens (tertiary/aromatic N) is 1. The number of hydrogen-bond donors (Lipinski definition) is 0. The topological polar surface area (TPSA) is 29.4 Å². The summed E-state index contributed by atoms with van der Waals surface area (Å²) in [5.74, 6) is 0.402.